The van der Waals surface area contributed by atoms with Gasteiger partial charge in [0.25, 0.3) is 0 Å². The zero-order valence-electron chi connectivity index (χ0n) is 10.1. The van der Waals surface area contributed by atoms with E-state index < -0.39 is 0 Å². The fourth-order valence-corrected chi connectivity index (χ4v) is 1.76. The summed E-state index contributed by atoms with van der Waals surface area (Å²) in [6, 6.07) is 5.87. The zero-order valence-corrected chi connectivity index (χ0v) is 11.7. The summed E-state index contributed by atoms with van der Waals surface area (Å²) < 4.78 is 4.75. The predicted molar refractivity (Wildman–Crippen MR) is 69.1 cm³/mol. The molecule has 16 heavy (non-hydrogen) atoms. The molecule has 1 aromatic rings. The predicted octanol–water partition coefficient (Wildman–Crippen LogP) is 3.67. The van der Waals surface area contributed by atoms with Gasteiger partial charge in [-0.05, 0) is 28.7 Å². The molecule has 0 N–H and O–H groups in total. The van der Waals surface area contributed by atoms with Gasteiger partial charge in [-0.1, -0.05) is 42.8 Å². The summed E-state index contributed by atoms with van der Waals surface area (Å²) in [5.74, 6) is -0.284. The summed E-state index contributed by atoms with van der Waals surface area (Å²) in [6.07, 6.45) is 0. The SMILES string of the molecule is COC(=O)c1cc(CBr)cc(C(C)(C)C)c1. The summed E-state index contributed by atoms with van der Waals surface area (Å²) in [6.45, 7) is 6.38. The summed E-state index contributed by atoms with van der Waals surface area (Å²) in [4.78, 5) is 11.5. The van der Waals surface area contributed by atoms with Crippen LogP contribution in [0.1, 0.15) is 42.3 Å². The largest absolute Gasteiger partial charge is 0.465 e. The van der Waals surface area contributed by atoms with Crippen LogP contribution in [0.25, 0.3) is 0 Å². The molecule has 0 heterocycles. The van der Waals surface area contributed by atoms with Crippen LogP contribution in [0.4, 0.5) is 0 Å². The van der Waals surface area contributed by atoms with Gasteiger partial charge in [-0.25, -0.2) is 4.79 Å². The van der Waals surface area contributed by atoms with E-state index in [0.717, 1.165) is 16.5 Å². The quantitative estimate of drug-likeness (QED) is 0.612. The lowest BCUT2D eigenvalue weighted by atomic mass is 9.85. The number of hydrogen-bond acceptors (Lipinski definition) is 2. The van der Waals surface area contributed by atoms with Crippen LogP contribution in [0.5, 0.6) is 0 Å². The van der Waals surface area contributed by atoms with Crippen LogP contribution in [0.2, 0.25) is 0 Å². The Hall–Kier alpha value is -0.830. The van der Waals surface area contributed by atoms with Crippen LogP contribution in [-0.4, -0.2) is 13.1 Å². The van der Waals surface area contributed by atoms with Gasteiger partial charge in [-0.3, -0.25) is 0 Å². The summed E-state index contributed by atoms with van der Waals surface area (Å²) in [7, 11) is 1.40. The number of esters is 1. The van der Waals surface area contributed by atoms with Crippen molar-refractivity contribution in [2.75, 3.05) is 7.11 Å². The Bertz CT molecular complexity index is 391. The third-order valence-corrected chi connectivity index (χ3v) is 3.08. The number of hydrogen-bond donors (Lipinski definition) is 0. The Morgan fingerprint density at radius 3 is 2.38 bits per heavy atom. The van der Waals surface area contributed by atoms with Gasteiger partial charge in [0, 0.05) is 5.33 Å². The van der Waals surface area contributed by atoms with Gasteiger partial charge < -0.3 is 4.74 Å². The molecule has 0 bridgehead atoms. The second-order valence-electron chi connectivity index (χ2n) is 4.79. The van der Waals surface area contributed by atoms with Crippen molar-refractivity contribution in [3.05, 3.63) is 34.9 Å². The smallest absolute Gasteiger partial charge is 0.337 e. The molecule has 0 saturated carbocycles. The maximum atomic E-state index is 11.5. The number of carbonyl (C=O) groups is 1. The minimum Gasteiger partial charge on any atom is -0.465 e. The standard InChI is InChI=1S/C13H17BrO2/c1-13(2,3)11-6-9(8-14)5-10(7-11)12(15)16-4/h5-7H,8H2,1-4H3. The van der Waals surface area contributed by atoms with Crippen molar-refractivity contribution in [3.8, 4) is 0 Å². The topological polar surface area (TPSA) is 26.3 Å². The number of alkyl halides is 1. The van der Waals surface area contributed by atoms with Crippen LogP contribution in [0, 0.1) is 0 Å². The van der Waals surface area contributed by atoms with Gasteiger partial charge in [-0.2, -0.15) is 0 Å². The molecule has 0 saturated heterocycles. The Balaban J connectivity index is 3.27. The first-order valence-electron chi connectivity index (χ1n) is 5.17. The molecule has 3 heteroatoms. The molecule has 2 nitrogen and oxygen atoms in total. The van der Waals surface area contributed by atoms with Crippen LogP contribution < -0.4 is 0 Å². The normalized spacial score (nSPS) is 11.3. The average Bonchev–Trinajstić information content (AvgIpc) is 2.26. The van der Waals surface area contributed by atoms with E-state index in [4.69, 9.17) is 4.74 Å². The molecule has 0 unspecified atom stereocenters. The van der Waals surface area contributed by atoms with Crippen molar-refractivity contribution in [2.45, 2.75) is 31.5 Å². The highest BCUT2D eigenvalue weighted by atomic mass is 79.9. The number of carbonyl (C=O) groups excluding carboxylic acids is 1. The Morgan fingerprint density at radius 1 is 1.31 bits per heavy atom. The monoisotopic (exact) mass is 284 g/mol. The first kappa shape index (κ1) is 13.2. The maximum absolute atomic E-state index is 11.5. The highest BCUT2D eigenvalue weighted by Gasteiger charge is 2.17. The van der Waals surface area contributed by atoms with Crippen LogP contribution in [0.3, 0.4) is 0 Å². The highest BCUT2D eigenvalue weighted by Crippen LogP contribution is 2.25. The molecule has 0 amide bonds. The fraction of sp³-hybridized carbons (Fsp3) is 0.462. The van der Waals surface area contributed by atoms with Crippen molar-refractivity contribution in [2.24, 2.45) is 0 Å². The first-order valence-corrected chi connectivity index (χ1v) is 6.29. The first-order chi connectivity index (χ1) is 7.38. The molecular formula is C13H17BrO2. The Morgan fingerprint density at radius 2 is 1.94 bits per heavy atom. The average molecular weight is 285 g/mol. The lowest BCUT2D eigenvalue weighted by Crippen LogP contribution is -2.13. The second-order valence-corrected chi connectivity index (χ2v) is 5.35. The van der Waals surface area contributed by atoms with Gasteiger partial charge in [0.05, 0.1) is 12.7 Å². The summed E-state index contributed by atoms with van der Waals surface area (Å²) >= 11 is 3.41. The van der Waals surface area contributed by atoms with Gasteiger partial charge in [0.2, 0.25) is 0 Å². The molecule has 0 spiro atoms. The van der Waals surface area contributed by atoms with E-state index >= 15 is 0 Å². The highest BCUT2D eigenvalue weighted by molar-refractivity contribution is 9.08. The maximum Gasteiger partial charge on any atom is 0.337 e. The number of methoxy groups -OCH3 is 1. The zero-order chi connectivity index (χ0) is 12.3. The number of ether oxygens (including phenoxy) is 1. The summed E-state index contributed by atoms with van der Waals surface area (Å²) in [5.41, 5.74) is 2.88. The van der Waals surface area contributed by atoms with E-state index in [9.17, 15) is 4.79 Å². The minimum atomic E-state index is -0.284. The number of benzene rings is 1. The summed E-state index contributed by atoms with van der Waals surface area (Å²) in [5, 5.41) is 0.737. The molecule has 0 aliphatic rings. The molecule has 88 valence electrons. The van der Waals surface area contributed by atoms with Crippen molar-refractivity contribution >= 4 is 21.9 Å². The molecular weight excluding hydrogens is 268 g/mol. The van der Waals surface area contributed by atoms with Crippen LogP contribution in [-0.2, 0) is 15.5 Å². The van der Waals surface area contributed by atoms with Gasteiger partial charge >= 0.3 is 5.97 Å². The van der Waals surface area contributed by atoms with E-state index in [-0.39, 0.29) is 11.4 Å². The molecule has 1 aromatic carbocycles. The van der Waals surface area contributed by atoms with E-state index in [2.05, 4.69) is 42.8 Å². The second kappa shape index (κ2) is 5.00. The Labute approximate surface area is 105 Å². The molecule has 1 rings (SSSR count). The molecule has 0 aromatic heterocycles. The number of rotatable bonds is 2. The molecule has 0 aliphatic heterocycles. The molecule has 0 fully saturated rings. The van der Waals surface area contributed by atoms with E-state index in [1.807, 2.05) is 12.1 Å². The van der Waals surface area contributed by atoms with Gasteiger partial charge in [0.15, 0.2) is 0 Å². The van der Waals surface area contributed by atoms with E-state index in [1.165, 1.54) is 7.11 Å². The van der Waals surface area contributed by atoms with Gasteiger partial charge in [0.1, 0.15) is 0 Å². The van der Waals surface area contributed by atoms with Crippen molar-refractivity contribution in [1.82, 2.24) is 0 Å². The lowest BCUT2D eigenvalue weighted by molar-refractivity contribution is 0.0600. The molecule has 0 atom stereocenters. The van der Waals surface area contributed by atoms with Crippen molar-refractivity contribution in [1.29, 1.82) is 0 Å². The van der Waals surface area contributed by atoms with Crippen LogP contribution >= 0.6 is 15.9 Å². The fourth-order valence-electron chi connectivity index (χ4n) is 1.44. The van der Waals surface area contributed by atoms with E-state index in [1.54, 1.807) is 0 Å². The van der Waals surface area contributed by atoms with Crippen molar-refractivity contribution < 1.29 is 9.53 Å². The van der Waals surface area contributed by atoms with E-state index in [0.29, 0.717) is 5.56 Å². The number of halogens is 1. The minimum absolute atomic E-state index is 0.0287. The molecule has 0 aliphatic carbocycles. The van der Waals surface area contributed by atoms with Crippen LogP contribution in [0.15, 0.2) is 18.2 Å². The van der Waals surface area contributed by atoms with Crippen molar-refractivity contribution in [3.63, 3.8) is 0 Å². The third kappa shape index (κ3) is 3.08. The van der Waals surface area contributed by atoms with Gasteiger partial charge in [-0.15, -0.1) is 0 Å². The third-order valence-electron chi connectivity index (χ3n) is 2.43. The molecule has 0 radical (unpaired) electrons. The Kier molecular flexibility index (Phi) is 4.14. The lowest BCUT2D eigenvalue weighted by Gasteiger charge is -2.20.